The normalized spacial score (nSPS) is 36.2. The van der Waals surface area contributed by atoms with Crippen LogP contribution in [0, 0.1) is 5.92 Å². The molecule has 0 unspecified atom stereocenters. The smallest absolute Gasteiger partial charge is 0.321 e. The van der Waals surface area contributed by atoms with Gasteiger partial charge in [-0.1, -0.05) is 25.2 Å². The van der Waals surface area contributed by atoms with Gasteiger partial charge in [0.05, 0.1) is 18.1 Å². The molecule has 0 spiro atoms. The van der Waals surface area contributed by atoms with Crippen molar-refractivity contribution < 1.29 is 29.3 Å². The van der Waals surface area contributed by atoms with Crippen LogP contribution in [0.4, 0.5) is 0 Å². The van der Waals surface area contributed by atoms with E-state index in [1.807, 2.05) is 20.8 Å². The number of carbonyl (C=O) groups is 2. The van der Waals surface area contributed by atoms with E-state index < -0.39 is 28.8 Å². The predicted octanol–water partition coefficient (Wildman–Crippen LogP) is 2.52. The summed E-state index contributed by atoms with van der Waals surface area (Å²) in [5.74, 6) is -1.31. The van der Waals surface area contributed by atoms with Crippen molar-refractivity contribution in [2.24, 2.45) is 11.7 Å². The molecule has 0 saturated carbocycles. The minimum absolute atomic E-state index is 0.0577. The number of rotatable bonds is 5. The van der Waals surface area contributed by atoms with Gasteiger partial charge in [0.15, 0.2) is 0 Å². The number of hydrogen-bond acceptors (Lipinski definition) is 7. The van der Waals surface area contributed by atoms with Gasteiger partial charge in [-0.05, 0) is 45.1 Å². The minimum atomic E-state index is -1.39. The number of hydrogen-bond donors (Lipinski definition) is 3. The summed E-state index contributed by atoms with van der Waals surface area (Å²) in [7, 11) is 1.60. The number of carbonyl (C=O) groups excluding carboxylic acids is 1. The average Bonchev–Trinajstić information content (AvgIpc) is 2.63. The first-order chi connectivity index (χ1) is 13.5. The first-order valence-electron chi connectivity index (χ1n) is 9.88. The van der Waals surface area contributed by atoms with E-state index in [4.69, 9.17) is 20.3 Å². The highest BCUT2D eigenvalue weighted by molar-refractivity contribution is 8.00. The summed E-state index contributed by atoms with van der Waals surface area (Å²) in [5.41, 5.74) is 5.25. The second-order valence-corrected chi connectivity index (χ2v) is 9.15. The zero-order valence-electron chi connectivity index (χ0n) is 18.0. The third-order valence-corrected chi connectivity index (χ3v) is 6.91. The second-order valence-electron chi connectivity index (χ2n) is 7.91. The number of ether oxygens (including phenoxy) is 2. The van der Waals surface area contributed by atoms with Crippen LogP contribution < -0.4 is 5.73 Å². The summed E-state index contributed by atoms with van der Waals surface area (Å²) in [5, 5.41) is 19.5. The molecule has 8 heteroatoms. The molecule has 4 N–H and O–H groups in total. The molecule has 1 aliphatic rings. The number of nitrogens with two attached hydrogens (primary N) is 1. The Morgan fingerprint density at radius 2 is 2.14 bits per heavy atom. The van der Waals surface area contributed by atoms with Crippen molar-refractivity contribution in [1.82, 2.24) is 0 Å². The van der Waals surface area contributed by atoms with Crippen molar-refractivity contribution in [2.75, 3.05) is 12.9 Å². The number of aliphatic carboxylic acids is 1. The molecule has 0 fully saturated rings. The van der Waals surface area contributed by atoms with E-state index in [0.717, 1.165) is 30.2 Å². The minimum Gasteiger partial charge on any atom is -0.480 e. The molecule has 1 rings (SSSR count). The summed E-state index contributed by atoms with van der Waals surface area (Å²) >= 11 is 1.15. The number of esters is 1. The molecule has 29 heavy (non-hydrogen) atoms. The van der Waals surface area contributed by atoms with Crippen LogP contribution in [0.2, 0.25) is 0 Å². The Balaban J connectivity index is 3.17. The number of allylic oxidation sites excluding steroid dienone is 1. The fraction of sp³-hybridized carbons (Fsp3) is 0.714. The summed E-state index contributed by atoms with van der Waals surface area (Å²) in [4.78, 5) is 23.5. The first-order valence-corrected chi connectivity index (χ1v) is 10.9. The molecule has 1 heterocycles. The zero-order chi connectivity index (χ0) is 22.2. The van der Waals surface area contributed by atoms with Crippen LogP contribution in [0.3, 0.4) is 0 Å². The number of carboxylic acids is 1. The Bertz CT molecular complexity index is 618. The summed E-state index contributed by atoms with van der Waals surface area (Å²) < 4.78 is 11.1. The topological polar surface area (TPSA) is 119 Å². The van der Waals surface area contributed by atoms with Crippen LogP contribution in [-0.4, -0.2) is 64.1 Å². The van der Waals surface area contributed by atoms with Crippen LogP contribution in [0.15, 0.2) is 23.8 Å². The van der Waals surface area contributed by atoms with Crippen LogP contribution in [-0.2, 0) is 19.1 Å². The fourth-order valence-corrected chi connectivity index (χ4v) is 4.23. The van der Waals surface area contributed by atoms with Gasteiger partial charge in [-0.15, -0.1) is 0 Å². The van der Waals surface area contributed by atoms with E-state index in [-0.39, 0.29) is 30.3 Å². The van der Waals surface area contributed by atoms with Crippen molar-refractivity contribution in [1.29, 1.82) is 0 Å². The largest absolute Gasteiger partial charge is 0.480 e. The fourth-order valence-electron chi connectivity index (χ4n) is 2.98. The summed E-state index contributed by atoms with van der Waals surface area (Å²) in [6.07, 6.45) is 6.56. The van der Waals surface area contributed by atoms with Gasteiger partial charge >= 0.3 is 11.9 Å². The van der Waals surface area contributed by atoms with Crippen LogP contribution >= 0.6 is 11.8 Å². The Kier molecular flexibility index (Phi) is 10.4. The maximum absolute atomic E-state index is 12.5. The Labute approximate surface area is 177 Å². The van der Waals surface area contributed by atoms with Crippen molar-refractivity contribution in [2.45, 2.75) is 76.1 Å². The molecule has 0 radical (unpaired) electrons. The lowest BCUT2D eigenvalue weighted by Crippen LogP contribution is -2.40. The molecule has 0 bridgehead atoms. The van der Waals surface area contributed by atoms with Gasteiger partial charge in [-0.2, -0.15) is 11.8 Å². The van der Waals surface area contributed by atoms with Crippen molar-refractivity contribution in [3.8, 4) is 0 Å². The van der Waals surface area contributed by atoms with E-state index in [9.17, 15) is 14.7 Å². The molecule has 0 aliphatic carbocycles. The number of aliphatic hydroxyl groups is 1. The third kappa shape index (κ3) is 8.50. The predicted molar refractivity (Wildman–Crippen MR) is 115 cm³/mol. The lowest BCUT2D eigenvalue weighted by atomic mass is 9.95. The quantitative estimate of drug-likeness (QED) is 0.451. The molecule has 7 nitrogen and oxygen atoms in total. The van der Waals surface area contributed by atoms with Crippen LogP contribution in [0.1, 0.15) is 47.0 Å². The highest BCUT2D eigenvalue weighted by atomic mass is 32.2. The summed E-state index contributed by atoms with van der Waals surface area (Å²) in [6, 6.07) is -1.08. The van der Waals surface area contributed by atoms with Gasteiger partial charge in [-0.25, -0.2) is 0 Å². The summed E-state index contributed by atoms with van der Waals surface area (Å²) in [6.45, 7) is 7.47. The zero-order valence-corrected chi connectivity index (χ0v) is 18.8. The van der Waals surface area contributed by atoms with Gasteiger partial charge < -0.3 is 25.4 Å². The van der Waals surface area contributed by atoms with E-state index in [1.165, 1.54) is 0 Å². The third-order valence-electron chi connectivity index (χ3n) is 5.32. The van der Waals surface area contributed by atoms with E-state index in [2.05, 4.69) is 6.08 Å². The SMILES string of the molecule is CO[C@H]1/C=C/[C@@](C)(O)[C@H](SC[C@H](N)C(=O)O)CC(=O)O[C@H](C)[C@@H](C)CC/C=C\1C. The average molecular weight is 430 g/mol. The Morgan fingerprint density at radius 1 is 1.48 bits per heavy atom. The molecule has 0 aromatic carbocycles. The van der Waals surface area contributed by atoms with Crippen molar-refractivity contribution >= 4 is 23.7 Å². The van der Waals surface area contributed by atoms with Gasteiger partial charge in [0.1, 0.15) is 12.1 Å². The molecule has 166 valence electrons. The van der Waals surface area contributed by atoms with Gasteiger partial charge in [0.2, 0.25) is 0 Å². The second kappa shape index (κ2) is 11.7. The molecule has 0 saturated heterocycles. The monoisotopic (exact) mass is 429 g/mol. The van der Waals surface area contributed by atoms with Gasteiger partial charge in [0, 0.05) is 18.1 Å². The van der Waals surface area contributed by atoms with Crippen molar-refractivity contribution in [3.05, 3.63) is 23.8 Å². The first kappa shape index (κ1) is 25.7. The molecular formula is C21H35NO6S. The van der Waals surface area contributed by atoms with Crippen LogP contribution in [0.25, 0.3) is 0 Å². The lowest BCUT2D eigenvalue weighted by Gasteiger charge is -2.31. The Morgan fingerprint density at radius 3 is 2.72 bits per heavy atom. The maximum Gasteiger partial charge on any atom is 0.321 e. The highest BCUT2D eigenvalue weighted by Crippen LogP contribution is 2.30. The number of thioether (sulfide) groups is 1. The number of methoxy groups -OCH3 is 1. The molecular weight excluding hydrogens is 394 g/mol. The van der Waals surface area contributed by atoms with Gasteiger partial charge in [0.25, 0.3) is 0 Å². The molecule has 0 aromatic rings. The Hall–Kier alpha value is -1.35. The molecule has 1 aliphatic heterocycles. The number of cyclic esters (lactones) is 1. The van der Waals surface area contributed by atoms with Gasteiger partial charge in [-0.3, -0.25) is 9.59 Å². The lowest BCUT2D eigenvalue weighted by molar-refractivity contribution is -0.151. The molecule has 0 aromatic heterocycles. The number of carboxylic acid groups (broad SMARTS) is 1. The van der Waals surface area contributed by atoms with Crippen LogP contribution in [0.5, 0.6) is 0 Å². The van der Waals surface area contributed by atoms with E-state index in [1.54, 1.807) is 26.2 Å². The highest BCUT2D eigenvalue weighted by Gasteiger charge is 2.34. The van der Waals surface area contributed by atoms with E-state index in [0.29, 0.717) is 0 Å². The molecule has 0 amide bonds. The van der Waals surface area contributed by atoms with Crippen molar-refractivity contribution in [3.63, 3.8) is 0 Å². The standard InChI is InChI=1S/C21H35NO6S/c1-13-7-6-8-14(2)17(27-5)9-10-21(4,26)18(11-19(23)28-15(13)3)29-12-16(22)20(24)25/h8-10,13,15-18,26H,6-7,11-12,22H2,1-5H3,(H,24,25)/b10-9+,14-8-/t13-,15+,16-,17-,18+,21+/m0/s1. The van der Waals surface area contributed by atoms with E-state index >= 15 is 0 Å². The molecule has 6 atom stereocenters. The maximum atomic E-state index is 12.5.